The number of hydrogen-bond donors (Lipinski definition) is 0. The Morgan fingerprint density at radius 1 is 0.844 bits per heavy atom. The van der Waals surface area contributed by atoms with E-state index in [0.717, 1.165) is 34.6 Å². The summed E-state index contributed by atoms with van der Waals surface area (Å²) < 4.78 is 13.9. The number of para-hydroxylation sites is 1. The average molecular weight is 418 g/mol. The number of benzene rings is 3. The second-order valence-corrected chi connectivity index (χ2v) is 8.99. The molecule has 0 fully saturated rings. The fourth-order valence-corrected chi connectivity index (χ4v) is 5.59. The molecule has 0 amide bonds. The molecule has 0 unspecified atom stereocenters. The zero-order valence-corrected chi connectivity index (χ0v) is 18.3. The molecular formula is C28H22N2O2. The number of aromatic nitrogens is 2. The van der Waals surface area contributed by atoms with Crippen molar-refractivity contribution in [1.29, 1.82) is 0 Å². The topological polar surface area (TPSA) is 36.3 Å². The molecule has 4 heteroatoms. The summed E-state index contributed by atoms with van der Waals surface area (Å²) in [7, 11) is 0. The highest BCUT2D eigenvalue weighted by Crippen LogP contribution is 2.49. The Morgan fingerprint density at radius 2 is 1.59 bits per heavy atom. The fourth-order valence-electron chi connectivity index (χ4n) is 5.59. The van der Waals surface area contributed by atoms with Crippen molar-refractivity contribution in [3.63, 3.8) is 0 Å². The third kappa shape index (κ3) is 2.29. The maximum atomic E-state index is 5.73. The Hall–Kier alpha value is -3.79. The molecule has 0 bridgehead atoms. The Labute approximate surface area is 186 Å². The Morgan fingerprint density at radius 3 is 2.41 bits per heavy atom. The lowest BCUT2D eigenvalue weighted by molar-refractivity contribution is 0.174. The molecule has 0 N–H and O–H groups in total. The first-order valence-corrected chi connectivity index (χ1v) is 11.0. The van der Waals surface area contributed by atoms with Crippen LogP contribution in [-0.4, -0.2) is 16.3 Å². The van der Waals surface area contributed by atoms with E-state index < -0.39 is 0 Å². The molecule has 0 saturated heterocycles. The van der Waals surface area contributed by atoms with E-state index in [1.54, 1.807) is 0 Å². The molecule has 0 radical (unpaired) electrons. The molecule has 2 aliphatic rings. The zero-order chi connectivity index (χ0) is 21.6. The number of ether oxygens (including phenoxy) is 2. The lowest BCUT2D eigenvalue weighted by atomic mass is 9.93. The van der Waals surface area contributed by atoms with Gasteiger partial charge in [-0.15, -0.1) is 0 Å². The van der Waals surface area contributed by atoms with Gasteiger partial charge < -0.3 is 14.0 Å². The van der Waals surface area contributed by atoms with E-state index in [-0.39, 0.29) is 6.79 Å². The summed E-state index contributed by atoms with van der Waals surface area (Å²) in [5.41, 5.74) is 12.1. The van der Waals surface area contributed by atoms with E-state index in [2.05, 4.69) is 73.9 Å². The largest absolute Gasteiger partial charge is 0.454 e. The van der Waals surface area contributed by atoms with Crippen LogP contribution in [0.25, 0.3) is 44.3 Å². The van der Waals surface area contributed by atoms with Crippen LogP contribution in [0.4, 0.5) is 0 Å². The summed E-state index contributed by atoms with van der Waals surface area (Å²) in [4.78, 5) is 5.20. The van der Waals surface area contributed by atoms with Gasteiger partial charge in [-0.05, 0) is 50.6 Å². The normalized spacial score (nSPS) is 13.7. The van der Waals surface area contributed by atoms with E-state index in [0.29, 0.717) is 0 Å². The number of aryl methyl sites for hydroxylation is 3. The fraction of sp³-hybridized carbons (Fsp3) is 0.179. The lowest BCUT2D eigenvalue weighted by Crippen LogP contribution is -1.98. The molecule has 2 aliphatic heterocycles. The van der Waals surface area contributed by atoms with Crippen LogP contribution < -0.4 is 9.47 Å². The van der Waals surface area contributed by atoms with Gasteiger partial charge in [-0.3, -0.25) is 0 Å². The third-order valence-electron chi connectivity index (χ3n) is 6.85. The molecule has 5 aromatic rings. The summed E-state index contributed by atoms with van der Waals surface area (Å²) in [5.74, 6) is 1.57. The van der Waals surface area contributed by atoms with Crippen LogP contribution in [0.1, 0.15) is 22.3 Å². The Balaban J connectivity index is 1.63. The number of fused-ring (bicyclic) bond motifs is 8. The average Bonchev–Trinajstić information content (AvgIpc) is 3.46. The predicted octanol–water partition coefficient (Wildman–Crippen LogP) is 6.54. The van der Waals surface area contributed by atoms with Crippen molar-refractivity contribution in [2.45, 2.75) is 27.3 Å². The molecule has 4 heterocycles. The maximum absolute atomic E-state index is 5.73. The van der Waals surface area contributed by atoms with Crippen LogP contribution in [0, 0.1) is 20.8 Å². The van der Waals surface area contributed by atoms with Crippen molar-refractivity contribution in [3.05, 3.63) is 76.9 Å². The SMILES string of the molecule is Cc1cc(C)cc(-c2nc3cc4c(cc3c3c2Cn2c-3c(C)c3ccccc32)OCO4)c1. The van der Waals surface area contributed by atoms with Crippen LogP contribution in [0.3, 0.4) is 0 Å². The lowest BCUT2D eigenvalue weighted by Gasteiger charge is -2.14. The third-order valence-corrected chi connectivity index (χ3v) is 6.85. The summed E-state index contributed by atoms with van der Waals surface area (Å²) in [6, 6.07) is 19.5. The summed E-state index contributed by atoms with van der Waals surface area (Å²) >= 11 is 0. The smallest absolute Gasteiger partial charge is 0.231 e. The van der Waals surface area contributed by atoms with Gasteiger partial charge in [-0.2, -0.15) is 0 Å². The van der Waals surface area contributed by atoms with Crippen LogP contribution in [0.5, 0.6) is 11.5 Å². The van der Waals surface area contributed by atoms with Crippen molar-refractivity contribution in [1.82, 2.24) is 9.55 Å². The minimum atomic E-state index is 0.261. The molecule has 0 aliphatic carbocycles. The van der Waals surface area contributed by atoms with Gasteiger partial charge in [-0.1, -0.05) is 35.4 Å². The van der Waals surface area contributed by atoms with Gasteiger partial charge in [0.1, 0.15) is 0 Å². The van der Waals surface area contributed by atoms with Gasteiger partial charge >= 0.3 is 0 Å². The second-order valence-electron chi connectivity index (χ2n) is 8.99. The first-order chi connectivity index (χ1) is 15.6. The zero-order valence-electron chi connectivity index (χ0n) is 18.3. The first-order valence-electron chi connectivity index (χ1n) is 11.0. The van der Waals surface area contributed by atoms with E-state index in [1.807, 2.05) is 6.07 Å². The van der Waals surface area contributed by atoms with Gasteiger partial charge in [0.05, 0.1) is 23.4 Å². The number of hydrogen-bond acceptors (Lipinski definition) is 3. The molecule has 156 valence electrons. The molecule has 0 saturated carbocycles. The van der Waals surface area contributed by atoms with Crippen molar-refractivity contribution in [2.75, 3.05) is 6.79 Å². The quantitative estimate of drug-likeness (QED) is 0.304. The van der Waals surface area contributed by atoms with E-state index in [9.17, 15) is 0 Å². The highest BCUT2D eigenvalue weighted by Gasteiger charge is 2.31. The standard InChI is InChI=1S/C28H22N2O2/c1-15-8-16(2)10-18(9-15)27-21-13-30-23-7-5-4-6-19(23)17(3)28(30)26(21)20-11-24-25(32-14-31-24)12-22(20)29-27/h4-12H,13-14H2,1-3H3. The summed E-state index contributed by atoms with van der Waals surface area (Å²) in [6.45, 7) is 7.61. The molecule has 4 nitrogen and oxygen atoms in total. The van der Waals surface area contributed by atoms with Crippen molar-refractivity contribution in [3.8, 4) is 34.0 Å². The highest BCUT2D eigenvalue weighted by atomic mass is 16.7. The van der Waals surface area contributed by atoms with Gasteiger partial charge in [0.15, 0.2) is 11.5 Å². The van der Waals surface area contributed by atoms with Gasteiger partial charge in [-0.25, -0.2) is 4.98 Å². The van der Waals surface area contributed by atoms with Gasteiger partial charge in [0.25, 0.3) is 0 Å². The van der Waals surface area contributed by atoms with E-state index in [1.165, 1.54) is 50.0 Å². The highest BCUT2D eigenvalue weighted by molar-refractivity contribution is 6.06. The number of pyridine rings is 1. The molecule has 0 spiro atoms. The minimum Gasteiger partial charge on any atom is -0.454 e. The number of rotatable bonds is 1. The molecular weight excluding hydrogens is 396 g/mol. The summed E-state index contributed by atoms with van der Waals surface area (Å²) in [6.07, 6.45) is 0. The Bertz CT molecular complexity index is 1590. The second kappa shape index (κ2) is 6.13. The predicted molar refractivity (Wildman–Crippen MR) is 128 cm³/mol. The van der Waals surface area contributed by atoms with Crippen molar-refractivity contribution >= 4 is 21.8 Å². The van der Waals surface area contributed by atoms with Crippen molar-refractivity contribution in [2.24, 2.45) is 0 Å². The van der Waals surface area contributed by atoms with Gasteiger partial charge in [0, 0.05) is 39.0 Å². The Kier molecular flexibility index (Phi) is 3.42. The minimum absolute atomic E-state index is 0.261. The maximum Gasteiger partial charge on any atom is 0.231 e. The first kappa shape index (κ1) is 17.8. The van der Waals surface area contributed by atoms with Crippen LogP contribution >= 0.6 is 0 Å². The van der Waals surface area contributed by atoms with Crippen molar-refractivity contribution < 1.29 is 9.47 Å². The van der Waals surface area contributed by atoms with Crippen LogP contribution in [0.15, 0.2) is 54.6 Å². The van der Waals surface area contributed by atoms with Crippen LogP contribution in [-0.2, 0) is 6.54 Å². The van der Waals surface area contributed by atoms with Gasteiger partial charge in [0.2, 0.25) is 6.79 Å². The van der Waals surface area contributed by atoms with E-state index >= 15 is 0 Å². The molecule has 3 aromatic carbocycles. The molecule has 2 aromatic heterocycles. The van der Waals surface area contributed by atoms with Crippen LogP contribution in [0.2, 0.25) is 0 Å². The monoisotopic (exact) mass is 418 g/mol. The van der Waals surface area contributed by atoms with E-state index in [4.69, 9.17) is 14.5 Å². The molecule has 32 heavy (non-hydrogen) atoms. The number of nitrogens with zero attached hydrogens (tertiary/aromatic N) is 2. The summed E-state index contributed by atoms with van der Waals surface area (Å²) in [5, 5.41) is 2.44. The molecule has 0 atom stereocenters. The molecule has 7 rings (SSSR count).